The molecule has 0 aromatic heterocycles. The van der Waals surface area contributed by atoms with Crippen molar-refractivity contribution >= 4 is 41.0 Å². The minimum absolute atomic E-state index is 0.00776. The van der Waals surface area contributed by atoms with Crippen LogP contribution in [0, 0.1) is 0 Å². The number of phenols is 1. The molecule has 3 rings (SSSR count). The van der Waals surface area contributed by atoms with Crippen molar-refractivity contribution in [1.82, 2.24) is 16.0 Å². The van der Waals surface area contributed by atoms with Crippen LogP contribution >= 0.6 is 11.6 Å². The molecule has 1 heterocycles. The molecule has 2 aromatic carbocycles. The van der Waals surface area contributed by atoms with Crippen molar-refractivity contribution in [3.8, 4) is 5.75 Å². The van der Waals surface area contributed by atoms with Crippen molar-refractivity contribution in [2.75, 3.05) is 25.0 Å². The summed E-state index contributed by atoms with van der Waals surface area (Å²) in [6.45, 7) is 5.61. The third-order valence-corrected chi connectivity index (χ3v) is 5.91. The van der Waals surface area contributed by atoms with Crippen molar-refractivity contribution in [2.45, 2.75) is 44.8 Å². The molecule has 0 saturated carbocycles. The monoisotopic (exact) mass is 547 g/mol. The highest BCUT2D eigenvalue weighted by atomic mass is 35.5. The Kier molecular flexibility index (Phi) is 9.16. The Balaban J connectivity index is 1.67. The second kappa shape index (κ2) is 12.1. The third-order valence-electron chi connectivity index (χ3n) is 5.69. The first-order valence-corrected chi connectivity index (χ1v) is 12.3. The van der Waals surface area contributed by atoms with E-state index in [4.69, 9.17) is 11.6 Å². The lowest BCUT2D eigenvalue weighted by atomic mass is 9.85. The Morgan fingerprint density at radius 1 is 1.18 bits per heavy atom. The molecule has 2 aromatic rings. The fourth-order valence-corrected chi connectivity index (χ4v) is 3.98. The van der Waals surface area contributed by atoms with Gasteiger partial charge in [-0.2, -0.15) is 0 Å². The van der Waals surface area contributed by atoms with Crippen LogP contribution in [0.15, 0.2) is 41.4 Å². The summed E-state index contributed by atoms with van der Waals surface area (Å²) in [4.78, 5) is 40.8. The molecule has 1 aliphatic rings. The number of halogens is 2. The van der Waals surface area contributed by atoms with Gasteiger partial charge in [0.15, 0.2) is 5.96 Å². The summed E-state index contributed by atoms with van der Waals surface area (Å²) < 4.78 is 13.2. The molecule has 6 N–H and O–H groups in total. The van der Waals surface area contributed by atoms with Gasteiger partial charge >= 0.3 is 5.97 Å². The number of guanidine groups is 1. The number of benzene rings is 2. The number of carbonyl (C=O) groups excluding carboxylic acids is 2. The van der Waals surface area contributed by atoms with Gasteiger partial charge in [0.25, 0.3) is 5.91 Å². The molecule has 204 valence electrons. The number of nitrogens with zero attached hydrogens (tertiary/aromatic N) is 1. The van der Waals surface area contributed by atoms with Crippen molar-refractivity contribution in [1.29, 1.82) is 0 Å². The van der Waals surface area contributed by atoms with E-state index in [-0.39, 0.29) is 36.2 Å². The lowest BCUT2D eigenvalue weighted by Gasteiger charge is -2.23. The maximum Gasteiger partial charge on any atom is 0.305 e. The van der Waals surface area contributed by atoms with Crippen LogP contribution in [0.3, 0.4) is 0 Å². The minimum Gasteiger partial charge on any atom is -0.508 e. The Morgan fingerprint density at radius 3 is 2.55 bits per heavy atom. The predicted octanol–water partition coefficient (Wildman–Crippen LogP) is 3.11. The molecule has 12 heteroatoms. The van der Waals surface area contributed by atoms with Crippen molar-refractivity contribution in [3.63, 3.8) is 0 Å². The van der Waals surface area contributed by atoms with Crippen LogP contribution in [0.1, 0.15) is 54.7 Å². The van der Waals surface area contributed by atoms with Gasteiger partial charge in [-0.3, -0.25) is 14.4 Å². The van der Waals surface area contributed by atoms with E-state index in [1.807, 2.05) is 20.8 Å². The van der Waals surface area contributed by atoms with E-state index in [9.17, 15) is 29.0 Å². The number of hydrogen-bond acceptors (Lipinski definition) is 7. The van der Waals surface area contributed by atoms with Gasteiger partial charge < -0.3 is 31.5 Å². The summed E-state index contributed by atoms with van der Waals surface area (Å²) in [5.41, 5.74) is 1.55. The summed E-state index contributed by atoms with van der Waals surface area (Å²) in [6.07, 6.45) is -1.47. The van der Waals surface area contributed by atoms with Gasteiger partial charge in [-0.25, -0.2) is 9.38 Å². The molecule has 0 saturated heterocycles. The first kappa shape index (κ1) is 28.7. The molecule has 0 aliphatic carbocycles. The van der Waals surface area contributed by atoms with Crippen LogP contribution in [0.25, 0.3) is 0 Å². The highest BCUT2D eigenvalue weighted by molar-refractivity contribution is 6.30. The quantitative estimate of drug-likeness (QED) is 0.297. The standard InChI is InChI=1S/C26H31ClFN5O5/c1-26(2,3)16-4-14(5-17(27)8-16)21(10-23(36)37)33-22(35)13-29-24(38)15-6-19(9-20(34)7-15)32-25-30-11-18(28)12-31-25/h4-9,18,21,34H,10-13H2,1-3H3,(H,29,38)(H,33,35)(H,36,37)(H2,30,31,32). The smallest absolute Gasteiger partial charge is 0.305 e. The second-order valence-corrected chi connectivity index (χ2v) is 10.4. The van der Waals surface area contributed by atoms with Crippen LogP contribution in [0.5, 0.6) is 5.75 Å². The van der Waals surface area contributed by atoms with Crippen molar-refractivity contribution in [3.05, 3.63) is 58.1 Å². The van der Waals surface area contributed by atoms with E-state index in [2.05, 4.69) is 26.3 Å². The van der Waals surface area contributed by atoms with E-state index < -0.39 is 36.5 Å². The molecule has 10 nitrogen and oxygen atoms in total. The number of hydrogen-bond donors (Lipinski definition) is 6. The number of carboxylic acid groups (broad SMARTS) is 1. The Bertz CT molecular complexity index is 1250. The summed E-state index contributed by atoms with van der Waals surface area (Å²) in [6, 6.07) is 8.34. The van der Waals surface area contributed by atoms with Gasteiger partial charge in [-0.1, -0.05) is 38.4 Å². The predicted molar refractivity (Wildman–Crippen MR) is 143 cm³/mol. The number of aromatic hydroxyl groups is 1. The summed E-state index contributed by atoms with van der Waals surface area (Å²) in [5.74, 6) is -2.27. The Morgan fingerprint density at radius 2 is 1.92 bits per heavy atom. The number of carboxylic acids is 1. The maximum absolute atomic E-state index is 13.2. The number of carbonyl (C=O) groups is 3. The number of alkyl halides is 1. The zero-order valence-electron chi connectivity index (χ0n) is 21.3. The molecular formula is C26H31ClFN5O5. The normalized spacial score (nSPS) is 16.0. The third kappa shape index (κ3) is 8.34. The average Bonchev–Trinajstić information content (AvgIpc) is 2.82. The maximum atomic E-state index is 13.2. The van der Waals surface area contributed by atoms with E-state index >= 15 is 0 Å². The Labute approximate surface area is 224 Å². The highest BCUT2D eigenvalue weighted by Crippen LogP contribution is 2.30. The number of rotatable bonds is 8. The first-order chi connectivity index (χ1) is 17.8. The SMILES string of the molecule is CC(C)(C)c1cc(Cl)cc(C(CC(=O)O)NC(=O)CNC(=O)c2cc(O)cc(NC3=NCC(F)CN3)c2)c1. The van der Waals surface area contributed by atoms with Gasteiger partial charge in [-0.05, 0) is 40.8 Å². The topological polar surface area (TPSA) is 152 Å². The van der Waals surface area contributed by atoms with Crippen LogP contribution in [-0.4, -0.2) is 59.8 Å². The number of nitrogens with one attached hydrogen (secondary N) is 4. The molecule has 2 unspecified atom stereocenters. The first-order valence-electron chi connectivity index (χ1n) is 11.9. The second-order valence-electron chi connectivity index (χ2n) is 9.98. The van der Waals surface area contributed by atoms with Crippen LogP contribution < -0.4 is 21.3 Å². The summed E-state index contributed by atoms with van der Waals surface area (Å²) in [7, 11) is 0. The van der Waals surface area contributed by atoms with Crippen molar-refractivity contribution in [2.24, 2.45) is 4.99 Å². The zero-order chi connectivity index (χ0) is 28.0. The zero-order valence-corrected chi connectivity index (χ0v) is 22.0. The number of amides is 2. The molecule has 0 bridgehead atoms. The van der Waals surface area contributed by atoms with Gasteiger partial charge in [0, 0.05) is 22.3 Å². The van der Waals surface area contributed by atoms with Gasteiger partial charge in [0.1, 0.15) is 11.9 Å². The molecule has 0 spiro atoms. The molecule has 1 aliphatic heterocycles. The van der Waals surface area contributed by atoms with E-state index in [0.29, 0.717) is 22.2 Å². The lowest BCUT2D eigenvalue weighted by Crippen LogP contribution is -2.41. The van der Waals surface area contributed by atoms with E-state index in [1.165, 1.54) is 18.2 Å². The van der Waals surface area contributed by atoms with E-state index in [1.54, 1.807) is 18.2 Å². The van der Waals surface area contributed by atoms with Crippen LogP contribution in [0.2, 0.25) is 5.02 Å². The molecule has 38 heavy (non-hydrogen) atoms. The largest absolute Gasteiger partial charge is 0.508 e. The molecule has 0 radical (unpaired) electrons. The fraction of sp³-hybridized carbons (Fsp3) is 0.385. The number of aliphatic imine (C=N–C) groups is 1. The van der Waals surface area contributed by atoms with Gasteiger partial charge in [-0.15, -0.1) is 0 Å². The Hall–Kier alpha value is -3.86. The van der Waals surface area contributed by atoms with Gasteiger partial charge in [0.05, 0.1) is 32.1 Å². The number of aliphatic carboxylic acids is 1. The number of phenolic OH excluding ortho intramolecular Hbond substituents is 1. The summed E-state index contributed by atoms with van der Waals surface area (Å²) >= 11 is 6.27. The summed E-state index contributed by atoms with van der Waals surface area (Å²) in [5, 5.41) is 30.6. The average molecular weight is 548 g/mol. The molecule has 0 fully saturated rings. The number of anilines is 1. The molecule has 2 amide bonds. The fourth-order valence-electron chi connectivity index (χ4n) is 3.73. The van der Waals surface area contributed by atoms with Gasteiger partial charge in [0.2, 0.25) is 5.91 Å². The van der Waals surface area contributed by atoms with Crippen LogP contribution in [-0.2, 0) is 15.0 Å². The van der Waals surface area contributed by atoms with E-state index in [0.717, 1.165) is 5.56 Å². The molecule has 2 atom stereocenters. The molecular weight excluding hydrogens is 517 g/mol. The highest BCUT2D eigenvalue weighted by Gasteiger charge is 2.23. The van der Waals surface area contributed by atoms with Crippen molar-refractivity contribution < 1.29 is 29.0 Å². The lowest BCUT2D eigenvalue weighted by molar-refractivity contribution is -0.137. The van der Waals surface area contributed by atoms with Crippen LogP contribution in [0.4, 0.5) is 10.1 Å². The minimum atomic E-state index is -1.12.